The molecule has 1 aliphatic carbocycles. The average Bonchev–Trinajstić information content (AvgIpc) is 3.35. The smallest absolute Gasteiger partial charge is 0.222 e. The van der Waals surface area contributed by atoms with E-state index in [1.807, 2.05) is 79.4 Å². The highest BCUT2D eigenvalue weighted by Crippen LogP contribution is 2.34. The van der Waals surface area contributed by atoms with Gasteiger partial charge in [-0.2, -0.15) is 0 Å². The van der Waals surface area contributed by atoms with Gasteiger partial charge in [-0.3, -0.25) is 9.59 Å². The van der Waals surface area contributed by atoms with Gasteiger partial charge in [-0.15, -0.1) is 6.58 Å². The van der Waals surface area contributed by atoms with Crippen molar-refractivity contribution in [2.24, 2.45) is 17.8 Å². The number of piperidine rings is 1. The summed E-state index contributed by atoms with van der Waals surface area (Å²) in [6, 6.07) is 8.53. The summed E-state index contributed by atoms with van der Waals surface area (Å²) in [5.74, 6) is 3.75. The molecule has 6 nitrogen and oxygen atoms in total. The van der Waals surface area contributed by atoms with Crippen LogP contribution in [0.3, 0.4) is 0 Å². The number of Topliss-reactive ketones (excluding diaryl/α,β-unsaturated/α-hetero) is 1. The Morgan fingerprint density at radius 3 is 1.78 bits per heavy atom. The van der Waals surface area contributed by atoms with E-state index >= 15 is 0 Å². The zero-order valence-electron chi connectivity index (χ0n) is 47.2. The number of nitrogens with zero attached hydrogens (tertiary/aromatic N) is 1. The molecular formula is C62H111NO5. The van der Waals surface area contributed by atoms with Crippen LogP contribution in [0.15, 0.2) is 85.4 Å². The Balaban J connectivity index is -0.00000190. The fourth-order valence-corrected chi connectivity index (χ4v) is 8.49. The molecule has 6 heteroatoms. The lowest BCUT2D eigenvalue weighted by atomic mass is 9.79. The monoisotopic (exact) mass is 950 g/mol. The van der Waals surface area contributed by atoms with Crippen LogP contribution in [-0.2, 0) is 36.8 Å². The number of hydrogen-bond donors (Lipinski definition) is 0. The number of hydrogen-bond acceptors (Lipinski definition) is 5. The zero-order chi connectivity index (χ0) is 52.0. The molecule has 394 valence electrons. The van der Waals surface area contributed by atoms with Crippen molar-refractivity contribution >= 4 is 11.7 Å². The fourth-order valence-electron chi connectivity index (χ4n) is 8.49. The van der Waals surface area contributed by atoms with Crippen molar-refractivity contribution in [1.82, 2.24) is 4.90 Å². The molecule has 68 heavy (non-hydrogen) atoms. The molecule has 1 amide bonds. The van der Waals surface area contributed by atoms with Crippen LogP contribution in [0.2, 0.25) is 0 Å². The van der Waals surface area contributed by atoms with E-state index < -0.39 is 0 Å². The van der Waals surface area contributed by atoms with Crippen molar-refractivity contribution in [2.45, 2.75) is 244 Å². The number of allylic oxidation sites excluding steroid dienone is 5. The molecule has 2 fully saturated rings. The lowest BCUT2D eigenvalue weighted by molar-refractivity contribution is -0.136. The van der Waals surface area contributed by atoms with E-state index in [9.17, 15) is 9.59 Å². The molecule has 0 spiro atoms. The molecule has 2 aliphatic rings. The number of amides is 1. The molecular weight excluding hydrogens is 839 g/mol. The van der Waals surface area contributed by atoms with Gasteiger partial charge in [0.15, 0.2) is 0 Å². The summed E-state index contributed by atoms with van der Waals surface area (Å²) in [5, 5.41) is 0. The van der Waals surface area contributed by atoms with E-state index in [2.05, 4.69) is 78.3 Å². The van der Waals surface area contributed by atoms with Crippen LogP contribution >= 0.6 is 0 Å². The van der Waals surface area contributed by atoms with E-state index in [0.29, 0.717) is 49.3 Å². The third kappa shape index (κ3) is 37.5. The lowest BCUT2D eigenvalue weighted by Gasteiger charge is -2.34. The maximum Gasteiger partial charge on any atom is 0.222 e. The second kappa shape index (κ2) is 48.6. The van der Waals surface area contributed by atoms with Crippen molar-refractivity contribution in [3.63, 3.8) is 0 Å². The van der Waals surface area contributed by atoms with E-state index in [1.165, 1.54) is 68.1 Å². The van der Waals surface area contributed by atoms with Crippen LogP contribution in [0, 0.1) is 17.8 Å². The molecule has 1 heterocycles. The quantitative estimate of drug-likeness (QED) is 0.0333. The van der Waals surface area contributed by atoms with E-state index in [-0.39, 0.29) is 5.92 Å². The maximum absolute atomic E-state index is 13.0. The normalized spacial score (nSPS) is 15.8. The first-order valence-corrected chi connectivity index (χ1v) is 28.0. The van der Waals surface area contributed by atoms with Crippen molar-refractivity contribution in [3.8, 4) is 0 Å². The molecule has 1 aromatic rings. The Morgan fingerprint density at radius 1 is 0.691 bits per heavy atom. The molecule has 1 aliphatic heterocycles. The number of ether oxygens (including phenoxy) is 3. The summed E-state index contributed by atoms with van der Waals surface area (Å²) in [7, 11) is 0. The molecule has 0 N–H and O–H groups in total. The highest BCUT2D eigenvalue weighted by molar-refractivity contribution is 5.82. The Hall–Kier alpha value is -3.38. The van der Waals surface area contributed by atoms with E-state index in [4.69, 9.17) is 14.2 Å². The second-order valence-electron chi connectivity index (χ2n) is 18.0. The summed E-state index contributed by atoms with van der Waals surface area (Å²) in [6.45, 7) is 46.0. The van der Waals surface area contributed by atoms with Gasteiger partial charge in [0.2, 0.25) is 5.91 Å². The minimum Gasteiger partial charge on any atom is -0.498 e. The Kier molecular flexibility index (Phi) is 49.3. The van der Waals surface area contributed by atoms with Crippen molar-refractivity contribution in [1.29, 1.82) is 0 Å². The van der Waals surface area contributed by atoms with Gasteiger partial charge in [0.1, 0.15) is 12.4 Å². The molecule has 1 saturated heterocycles. The maximum atomic E-state index is 13.0. The highest BCUT2D eigenvalue weighted by Gasteiger charge is 2.29. The second-order valence-corrected chi connectivity index (χ2v) is 18.0. The summed E-state index contributed by atoms with van der Waals surface area (Å²) < 4.78 is 17.4. The summed E-state index contributed by atoms with van der Waals surface area (Å²) in [5.41, 5.74) is 4.95. The van der Waals surface area contributed by atoms with Crippen LogP contribution in [0.4, 0.5) is 0 Å². The summed E-state index contributed by atoms with van der Waals surface area (Å²) in [6.07, 6.45) is 27.5. The van der Waals surface area contributed by atoms with Crippen LogP contribution in [0.25, 0.3) is 0 Å². The summed E-state index contributed by atoms with van der Waals surface area (Å²) >= 11 is 0. The van der Waals surface area contributed by atoms with Gasteiger partial charge in [-0.1, -0.05) is 181 Å². The lowest BCUT2D eigenvalue weighted by Crippen LogP contribution is -2.41. The number of benzene rings is 1. The minimum absolute atomic E-state index is 0.170. The first-order chi connectivity index (χ1) is 32.9. The Labute approximate surface area is 423 Å². The topological polar surface area (TPSA) is 65.1 Å². The number of likely N-dealkylation sites (tertiary alicyclic amines) is 1. The van der Waals surface area contributed by atoms with Crippen LogP contribution in [0.5, 0.6) is 0 Å². The molecule has 1 unspecified atom stereocenters. The minimum atomic E-state index is 0.170. The zero-order valence-corrected chi connectivity index (χ0v) is 47.2. The van der Waals surface area contributed by atoms with Crippen LogP contribution in [-0.4, -0.2) is 49.0 Å². The van der Waals surface area contributed by atoms with Gasteiger partial charge in [-0.05, 0) is 115 Å². The van der Waals surface area contributed by atoms with E-state index in [1.54, 1.807) is 0 Å². The molecule has 0 bridgehead atoms. The number of ketones is 1. The molecule has 1 saturated carbocycles. The van der Waals surface area contributed by atoms with Crippen LogP contribution in [0.1, 0.15) is 236 Å². The van der Waals surface area contributed by atoms with Crippen molar-refractivity contribution in [2.75, 3.05) is 26.3 Å². The number of rotatable bonds is 30. The molecule has 1 atom stereocenters. The van der Waals surface area contributed by atoms with Crippen molar-refractivity contribution in [3.05, 3.63) is 96.5 Å². The van der Waals surface area contributed by atoms with E-state index in [0.717, 1.165) is 120 Å². The first kappa shape index (κ1) is 68.9. The SMILES string of the molecule is C=C(C)CCCCCCCC(=C)OCc1ccc(CC(=C)OCCC2CCC(CC(=O)N3CCC(C(=O)CCCCCC)CC3)CC2)cc1.C=C/C=C(\C)CC(C)OCC.CC.CC.CC.CC. The Morgan fingerprint density at radius 2 is 1.22 bits per heavy atom. The van der Waals surface area contributed by atoms with Gasteiger partial charge >= 0.3 is 0 Å². The summed E-state index contributed by atoms with van der Waals surface area (Å²) in [4.78, 5) is 27.6. The number of unbranched alkanes of at least 4 members (excludes halogenated alkanes) is 7. The van der Waals surface area contributed by atoms with Gasteiger partial charge < -0.3 is 19.1 Å². The van der Waals surface area contributed by atoms with Gasteiger partial charge in [0.05, 0.1) is 24.2 Å². The number of carbonyl (C=O) groups is 2. The number of carbonyl (C=O) groups excluding carboxylic acids is 2. The standard InChI is InChI=1S/C44H69NO4.C10H18O.4C2H6/c1-6-7-8-14-17-43(46)42-26-29-45(30-27-42)44(47)33-40-20-18-38(19-21-40)28-31-48-37(5)32-39-22-24-41(25-23-39)34-49-36(4)16-13-11-9-10-12-15-35(2)3;1-5-7-9(3)8-10(4)11-6-2;4*1-2/h22-25,38,40,42H,2,4-21,26-34H2,1,3H3;5,7,10H,1,6,8H2,2-4H3;4*1-2H3/b;9-7+;;;;. The average molecular weight is 951 g/mol. The highest BCUT2D eigenvalue weighted by atomic mass is 16.5. The predicted octanol–water partition coefficient (Wildman–Crippen LogP) is 18.5. The first-order valence-electron chi connectivity index (χ1n) is 28.0. The molecule has 1 aromatic carbocycles. The Bertz CT molecular complexity index is 1410. The van der Waals surface area contributed by atoms with Gasteiger partial charge in [0.25, 0.3) is 0 Å². The van der Waals surface area contributed by atoms with Gasteiger partial charge in [0, 0.05) is 51.3 Å². The van der Waals surface area contributed by atoms with Gasteiger partial charge in [-0.25, -0.2) is 0 Å². The molecule has 0 radical (unpaired) electrons. The third-order valence-corrected chi connectivity index (χ3v) is 12.2. The molecule has 3 rings (SSSR count). The fraction of sp³-hybridized carbons (Fsp3) is 0.710. The van der Waals surface area contributed by atoms with Crippen LogP contribution < -0.4 is 0 Å². The van der Waals surface area contributed by atoms with Crippen molar-refractivity contribution < 1.29 is 23.8 Å². The largest absolute Gasteiger partial charge is 0.498 e. The third-order valence-electron chi connectivity index (χ3n) is 12.2. The molecule has 0 aromatic heterocycles. The predicted molar refractivity (Wildman–Crippen MR) is 299 cm³/mol.